The van der Waals surface area contributed by atoms with Gasteiger partial charge in [0.05, 0.1) is 17.0 Å². The van der Waals surface area contributed by atoms with Crippen LogP contribution in [0.25, 0.3) is 0 Å². The predicted molar refractivity (Wildman–Crippen MR) is 79.0 cm³/mol. The van der Waals surface area contributed by atoms with Crippen LogP contribution in [0.15, 0.2) is 47.6 Å². The number of para-hydroxylation sites is 1. The van der Waals surface area contributed by atoms with Crippen LogP contribution < -0.4 is 5.43 Å². The number of benzene rings is 2. The van der Waals surface area contributed by atoms with Crippen molar-refractivity contribution >= 4 is 17.4 Å². The van der Waals surface area contributed by atoms with Gasteiger partial charge in [-0.05, 0) is 31.2 Å². The maximum Gasteiger partial charge on any atom is 0.337 e. The van der Waals surface area contributed by atoms with Gasteiger partial charge in [0.15, 0.2) is 0 Å². The molecule has 0 heterocycles. The highest BCUT2D eigenvalue weighted by Gasteiger charge is 2.09. The van der Waals surface area contributed by atoms with Gasteiger partial charge in [0.2, 0.25) is 0 Å². The topological polar surface area (TPSA) is 102 Å². The molecule has 0 spiro atoms. The Morgan fingerprint density at radius 3 is 2.48 bits per heavy atom. The Morgan fingerprint density at radius 2 is 1.81 bits per heavy atom. The first-order chi connectivity index (χ1) is 9.99. The van der Waals surface area contributed by atoms with Crippen molar-refractivity contribution in [3.8, 4) is 11.5 Å². The van der Waals surface area contributed by atoms with Gasteiger partial charge in [-0.3, -0.25) is 5.43 Å². The molecule has 6 heteroatoms. The van der Waals surface area contributed by atoms with Crippen LogP contribution in [0.2, 0.25) is 0 Å². The number of anilines is 1. The average molecular weight is 286 g/mol. The summed E-state index contributed by atoms with van der Waals surface area (Å²) < 4.78 is 0. The molecule has 0 saturated carbocycles. The van der Waals surface area contributed by atoms with Crippen molar-refractivity contribution in [2.24, 2.45) is 5.10 Å². The third kappa shape index (κ3) is 3.30. The van der Waals surface area contributed by atoms with E-state index in [9.17, 15) is 15.0 Å². The second-order valence-electron chi connectivity index (χ2n) is 4.36. The summed E-state index contributed by atoms with van der Waals surface area (Å²) in [7, 11) is 0. The highest BCUT2D eigenvalue weighted by atomic mass is 16.4. The molecule has 0 aliphatic rings. The van der Waals surface area contributed by atoms with Crippen LogP contribution in [0, 0.1) is 0 Å². The fourth-order valence-corrected chi connectivity index (χ4v) is 1.80. The minimum atomic E-state index is -1.06. The maximum absolute atomic E-state index is 11.1. The molecular formula is C15H14N2O4. The molecule has 0 unspecified atom stereocenters. The lowest BCUT2D eigenvalue weighted by Crippen LogP contribution is -2.04. The number of carboxylic acid groups (broad SMARTS) is 1. The normalized spacial score (nSPS) is 11.2. The molecule has 2 aromatic rings. The summed E-state index contributed by atoms with van der Waals surface area (Å²) in [5, 5.41) is 32.1. The maximum atomic E-state index is 11.1. The third-order valence-corrected chi connectivity index (χ3v) is 2.87. The molecule has 6 nitrogen and oxygen atoms in total. The number of phenols is 2. The quantitative estimate of drug-likeness (QED) is 0.511. The smallest absolute Gasteiger partial charge is 0.337 e. The molecule has 0 atom stereocenters. The van der Waals surface area contributed by atoms with E-state index in [1.165, 1.54) is 24.3 Å². The van der Waals surface area contributed by atoms with E-state index in [0.717, 1.165) is 0 Å². The Bertz CT molecular complexity index is 711. The van der Waals surface area contributed by atoms with Gasteiger partial charge in [-0.15, -0.1) is 0 Å². The van der Waals surface area contributed by atoms with E-state index in [1.807, 2.05) is 0 Å². The molecule has 0 amide bonds. The molecule has 0 aliphatic carbocycles. The minimum absolute atomic E-state index is 0.0479. The number of nitrogens with one attached hydrogen (secondary N) is 1. The first kappa shape index (κ1) is 14.4. The lowest BCUT2D eigenvalue weighted by Gasteiger charge is -2.08. The van der Waals surface area contributed by atoms with Crippen LogP contribution in [0.3, 0.4) is 0 Å². The van der Waals surface area contributed by atoms with Gasteiger partial charge >= 0.3 is 5.97 Å². The number of hydrogen-bond donors (Lipinski definition) is 4. The first-order valence-corrected chi connectivity index (χ1v) is 6.14. The van der Waals surface area contributed by atoms with E-state index < -0.39 is 5.97 Å². The van der Waals surface area contributed by atoms with Crippen LogP contribution in [0.4, 0.5) is 5.69 Å². The highest BCUT2D eigenvalue weighted by molar-refractivity contribution is 6.02. The Balaban J connectivity index is 2.27. The zero-order valence-electron chi connectivity index (χ0n) is 11.2. The number of phenolic OH excluding ortho intramolecular Hbond substituents is 2. The Morgan fingerprint density at radius 1 is 1.10 bits per heavy atom. The molecule has 2 aromatic carbocycles. The van der Waals surface area contributed by atoms with Crippen LogP contribution in [0.1, 0.15) is 22.8 Å². The molecule has 0 aliphatic heterocycles. The number of aromatic carboxylic acids is 1. The van der Waals surface area contributed by atoms with Gasteiger partial charge < -0.3 is 15.3 Å². The minimum Gasteiger partial charge on any atom is -0.508 e. The van der Waals surface area contributed by atoms with E-state index in [4.69, 9.17) is 5.11 Å². The van der Waals surface area contributed by atoms with E-state index in [2.05, 4.69) is 10.5 Å². The van der Waals surface area contributed by atoms with Crippen molar-refractivity contribution in [1.82, 2.24) is 0 Å². The van der Waals surface area contributed by atoms with Crippen molar-refractivity contribution < 1.29 is 20.1 Å². The van der Waals surface area contributed by atoms with Crippen LogP contribution in [-0.2, 0) is 0 Å². The van der Waals surface area contributed by atoms with Crippen LogP contribution in [-0.4, -0.2) is 27.0 Å². The Hall–Kier alpha value is -3.02. The molecule has 2 rings (SSSR count). The van der Waals surface area contributed by atoms with Crippen LogP contribution in [0.5, 0.6) is 11.5 Å². The van der Waals surface area contributed by atoms with E-state index in [0.29, 0.717) is 17.0 Å². The number of nitrogens with zero attached hydrogens (tertiary/aromatic N) is 1. The zero-order valence-corrected chi connectivity index (χ0v) is 11.2. The number of aromatic hydroxyl groups is 2. The number of carbonyl (C=O) groups is 1. The fourth-order valence-electron chi connectivity index (χ4n) is 1.80. The molecule has 0 bridgehead atoms. The molecule has 0 aromatic heterocycles. The summed E-state index contributed by atoms with van der Waals surface area (Å²) in [6.45, 7) is 1.66. The van der Waals surface area contributed by atoms with Gasteiger partial charge in [-0.2, -0.15) is 5.10 Å². The van der Waals surface area contributed by atoms with Crippen molar-refractivity contribution in [1.29, 1.82) is 0 Å². The number of rotatable bonds is 4. The van der Waals surface area contributed by atoms with Crippen molar-refractivity contribution in [2.75, 3.05) is 5.43 Å². The summed E-state index contributed by atoms with van der Waals surface area (Å²) in [5.41, 5.74) is 4.01. The van der Waals surface area contributed by atoms with Crippen molar-refractivity contribution in [2.45, 2.75) is 6.92 Å². The van der Waals surface area contributed by atoms with Gasteiger partial charge in [-0.1, -0.05) is 12.1 Å². The number of carboxylic acids is 1. The largest absolute Gasteiger partial charge is 0.508 e. The lowest BCUT2D eigenvalue weighted by molar-refractivity contribution is 0.0698. The number of hydrazone groups is 1. The Labute approximate surface area is 121 Å². The zero-order chi connectivity index (χ0) is 15.4. The lowest BCUT2D eigenvalue weighted by atomic mass is 10.1. The average Bonchev–Trinajstić information content (AvgIpc) is 2.45. The van der Waals surface area contributed by atoms with Gasteiger partial charge in [0.25, 0.3) is 0 Å². The monoisotopic (exact) mass is 286 g/mol. The number of hydrogen-bond acceptors (Lipinski definition) is 5. The molecule has 0 fully saturated rings. The first-order valence-electron chi connectivity index (χ1n) is 6.14. The SMILES string of the molecule is CC(=NNc1ccccc1C(=O)O)c1ccc(O)cc1O. The predicted octanol–water partition coefficient (Wildman–Crippen LogP) is 2.63. The second-order valence-corrected chi connectivity index (χ2v) is 4.36. The molecule has 4 N–H and O–H groups in total. The van der Waals surface area contributed by atoms with Gasteiger partial charge in [0, 0.05) is 11.6 Å². The standard InChI is InChI=1S/C15H14N2O4/c1-9(11-7-6-10(18)8-14(11)19)16-17-13-5-3-2-4-12(13)15(20)21/h2-8,17-19H,1H3,(H,20,21). The molecular weight excluding hydrogens is 272 g/mol. The van der Waals surface area contributed by atoms with Crippen molar-refractivity contribution in [3.63, 3.8) is 0 Å². The summed E-state index contributed by atoms with van der Waals surface area (Å²) >= 11 is 0. The van der Waals surface area contributed by atoms with E-state index in [1.54, 1.807) is 25.1 Å². The molecule has 0 saturated heterocycles. The van der Waals surface area contributed by atoms with E-state index >= 15 is 0 Å². The highest BCUT2D eigenvalue weighted by Crippen LogP contribution is 2.23. The molecule has 21 heavy (non-hydrogen) atoms. The summed E-state index contributed by atoms with van der Waals surface area (Å²) in [4.78, 5) is 11.1. The summed E-state index contributed by atoms with van der Waals surface area (Å²) in [5.74, 6) is -1.21. The third-order valence-electron chi connectivity index (χ3n) is 2.87. The second kappa shape index (κ2) is 5.96. The van der Waals surface area contributed by atoms with Gasteiger partial charge in [-0.25, -0.2) is 4.79 Å². The Kier molecular flexibility index (Phi) is 4.08. The van der Waals surface area contributed by atoms with E-state index in [-0.39, 0.29) is 17.1 Å². The summed E-state index contributed by atoms with van der Waals surface area (Å²) in [6.07, 6.45) is 0. The molecule has 0 radical (unpaired) electrons. The molecule has 108 valence electrons. The van der Waals surface area contributed by atoms with Gasteiger partial charge in [0.1, 0.15) is 11.5 Å². The van der Waals surface area contributed by atoms with Crippen LogP contribution >= 0.6 is 0 Å². The fraction of sp³-hybridized carbons (Fsp3) is 0.0667. The van der Waals surface area contributed by atoms with Crippen molar-refractivity contribution in [3.05, 3.63) is 53.6 Å². The summed E-state index contributed by atoms with van der Waals surface area (Å²) in [6, 6.07) is 10.5.